The van der Waals surface area contributed by atoms with Gasteiger partial charge in [0.15, 0.2) is 0 Å². The molecule has 21 heavy (non-hydrogen) atoms. The second-order valence-corrected chi connectivity index (χ2v) is 6.16. The Bertz CT molecular complexity index is 624. The largest absolute Gasteiger partial charge is 0.322 e. The van der Waals surface area contributed by atoms with E-state index in [-0.39, 0.29) is 5.91 Å². The number of alkyl halides is 1. The van der Waals surface area contributed by atoms with Gasteiger partial charge >= 0.3 is 0 Å². The van der Waals surface area contributed by atoms with Gasteiger partial charge in [0.05, 0.1) is 0 Å². The van der Waals surface area contributed by atoms with Crippen molar-refractivity contribution >= 4 is 27.5 Å². The molecule has 1 amide bonds. The Morgan fingerprint density at radius 2 is 1.62 bits per heavy atom. The first-order valence-electron chi connectivity index (χ1n) is 7.05. The summed E-state index contributed by atoms with van der Waals surface area (Å²) >= 11 is 3.43. The standard InChI is InChI=1S/C18H20BrNO/c1-12-10-13(2)17(14(3)11-12)18(21)20-16-6-4-15(5-7-16)8-9-19/h4-7,10-11H,8-9H2,1-3H3,(H,20,21). The minimum absolute atomic E-state index is 0.0433. The van der Waals surface area contributed by atoms with Gasteiger partial charge in [-0.15, -0.1) is 0 Å². The maximum absolute atomic E-state index is 12.5. The minimum atomic E-state index is -0.0433. The molecule has 0 bridgehead atoms. The van der Waals surface area contributed by atoms with Crippen molar-refractivity contribution in [2.24, 2.45) is 0 Å². The molecule has 0 aliphatic rings. The third-order valence-electron chi connectivity index (χ3n) is 3.50. The van der Waals surface area contributed by atoms with E-state index in [2.05, 4.69) is 21.2 Å². The summed E-state index contributed by atoms with van der Waals surface area (Å²) in [6, 6.07) is 12.1. The van der Waals surface area contributed by atoms with Crippen LogP contribution >= 0.6 is 15.9 Å². The van der Waals surface area contributed by atoms with Crippen LogP contribution in [0.1, 0.15) is 32.6 Å². The maximum Gasteiger partial charge on any atom is 0.256 e. The average molecular weight is 346 g/mol. The number of hydrogen-bond acceptors (Lipinski definition) is 1. The van der Waals surface area contributed by atoms with Gasteiger partial charge in [0.25, 0.3) is 5.91 Å². The Morgan fingerprint density at radius 3 is 2.14 bits per heavy atom. The summed E-state index contributed by atoms with van der Waals surface area (Å²) in [5, 5.41) is 3.92. The van der Waals surface area contributed by atoms with E-state index in [0.29, 0.717) is 0 Å². The Labute approximate surface area is 134 Å². The maximum atomic E-state index is 12.5. The van der Waals surface area contributed by atoms with Gasteiger partial charge in [-0.25, -0.2) is 0 Å². The van der Waals surface area contributed by atoms with Crippen molar-refractivity contribution in [3.8, 4) is 0 Å². The number of hydrogen-bond donors (Lipinski definition) is 1. The molecule has 0 radical (unpaired) electrons. The first kappa shape index (κ1) is 15.8. The van der Waals surface area contributed by atoms with Crippen LogP contribution in [0.3, 0.4) is 0 Å². The summed E-state index contributed by atoms with van der Waals surface area (Å²) in [7, 11) is 0. The Hall–Kier alpha value is -1.61. The van der Waals surface area contributed by atoms with E-state index < -0.39 is 0 Å². The second kappa shape index (κ2) is 6.90. The van der Waals surface area contributed by atoms with Gasteiger partial charge < -0.3 is 5.32 Å². The molecule has 3 heteroatoms. The van der Waals surface area contributed by atoms with Gasteiger partial charge in [0.2, 0.25) is 0 Å². The molecule has 2 aromatic carbocycles. The molecular weight excluding hydrogens is 326 g/mol. The van der Waals surface area contributed by atoms with Crippen molar-refractivity contribution in [3.05, 3.63) is 64.2 Å². The topological polar surface area (TPSA) is 29.1 Å². The van der Waals surface area contributed by atoms with Crippen LogP contribution in [0.4, 0.5) is 5.69 Å². The summed E-state index contributed by atoms with van der Waals surface area (Å²) in [4.78, 5) is 12.5. The zero-order valence-corrected chi connectivity index (χ0v) is 14.3. The lowest BCUT2D eigenvalue weighted by Crippen LogP contribution is -2.15. The normalized spacial score (nSPS) is 10.5. The number of halogens is 1. The van der Waals surface area contributed by atoms with E-state index >= 15 is 0 Å². The Kier molecular flexibility index (Phi) is 5.18. The van der Waals surface area contributed by atoms with Crippen molar-refractivity contribution in [2.45, 2.75) is 27.2 Å². The fourth-order valence-electron chi connectivity index (χ4n) is 2.60. The summed E-state index contributed by atoms with van der Waals surface area (Å²) in [5.41, 5.74) is 6.07. The van der Waals surface area contributed by atoms with Crippen molar-refractivity contribution in [3.63, 3.8) is 0 Å². The Morgan fingerprint density at radius 1 is 1.05 bits per heavy atom. The fourth-order valence-corrected chi connectivity index (χ4v) is 3.05. The number of amides is 1. The van der Waals surface area contributed by atoms with Crippen LogP contribution in [-0.2, 0) is 6.42 Å². The first-order valence-corrected chi connectivity index (χ1v) is 8.17. The molecule has 2 rings (SSSR count). The number of nitrogens with one attached hydrogen (secondary N) is 1. The smallest absolute Gasteiger partial charge is 0.256 e. The highest BCUT2D eigenvalue weighted by Crippen LogP contribution is 2.19. The zero-order chi connectivity index (χ0) is 15.4. The van der Waals surface area contributed by atoms with Gasteiger partial charge in [-0.2, -0.15) is 0 Å². The average Bonchev–Trinajstić information content (AvgIpc) is 2.40. The van der Waals surface area contributed by atoms with E-state index in [1.807, 2.05) is 57.2 Å². The van der Waals surface area contributed by atoms with E-state index in [9.17, 15) is 4.79 Å². The van der Waals surface area contributed by atoms with Gasteiger partial charge in [-0.3, -0.25) is 4.79 Å². The van der Waals surface area contributed by atoms with E-state index in [1.165, 1.54) is 11.1 Å². The molecule has 0 saturated carbocycles. The van der Waals surface area contributed by atoms with Crippen molar-refractivity contribution in [1.29, 1.82) is 0 Å². The summed E-state index contributed by atoms with van der Waals surface area (Å²) in [6.07, 6.45) is 0.990. The summed E-state index contributed by atoms with van der Waals surface area (Å²) < 4.78 is 0. The number of benzene rings is 2. The predicted molar refractivity (Wildman–Crippen MR) is 92.5 cm³/mol. The predicted octanol–water partition coefficient (Wildman–Crippen LogP) is 4.80. The zero-order valence-electron chi connectivity index (χ0n) is 12.7. The lowest BCUT2D eigenvalue weighted by molar-refractivity contribution is 0.102. The molecule has 2 aromatic rings. The van der Waals surface area contributed by atoms with Crippen molar-refractivity contribution < 1.29 is 4.79 Å². The molecule has 0 atom stereocenters. The molecule has 0 aromatic heterocycles. The molecular formula is C18H20BrNO. The number of aryl methyl sites for hydroxylation is 4. The van der Waals surface area contributed by atoms with Crippen LogP contribution in [0.25, 0.3) is 0 Å². The number of carbonyl (C=O) groups excluding carboxylic acids is 1. The van der Waals surface area contributed by atoms with E-state index in [4.69, 9.17) is 0 Å². The van der Waals surface area contributed by atoms with Crippen molar-refractivity contribution in [1.82, 2.24) is 0 Å². The monoisotopic (exact) mass is 345 g/mol. The number of rotatable bonds is 4. The second-order valence-electron chi connectivity index (χ2n) is 5.36. The molecule has 0 spiro atoms. The molecule has 0 aliphatic carbocycles. The third kappa shape index (κ3) is 3.94. The van der Waals surface area contributed by atoms with Crippen molar-refractivity contribution in [2.75, 3.05) is 10.6 Å². The van der Waals surface area contributed by atoms with Crippen LogP contribution in [0, 0.1) is 20.8 Å². The highest BCUT2D eigenvalue weighted by molar-refractivity contribution is 9.09. The lowest BCUT2D eigenvalue weighted by atomic mass is 9.99. The molecule has 0 saturated heterocycles. The number of anilines is 1. The van der Waals surface area contributed by atoms with Gasteiger partial charge in [-0.1, -0.05) is 45.8 Å². The molecule has 0 unspecified atom stereocenters. The summed E-state index contributed by atoms with van der Waals surface area (Å²) in [5.74, 6) is -0.0433. The summed E-state index contributed by atoms with van der Waals surface area (Å²) in [6.45, 7) is 6.01. The minimum Gasteiger partial charge on any atom is -0.322 e. The van der Waals surface area contributed by atoms with Crippen LogP contribution < -0.4 is 5.32 Å². The van der Waals surface area contributed by atoms with E-state index in [0.717, 1.165) is 34.1 Å². The quantitative estimate of drug-likeness (QED) is 0.792. The van der Waals surface area contributed by atoms with Crippen LogP contribution in [0.2, 0.25) is 0 Å². The van der Waals surface area contributed by atoms with Gasteiger partial charge in [0, 0.05) is 16.6 Å². The van der Waals surface area contributed by atoms with E-state index in [1.54, 1.807) is 0 Å². The van der Waals surface area contributed by atoms with Gasteiger partial charge in [-0.05, 0) is 56.0 Å². The highest BCUT2D eigenvalue weighted by atomic mass is 79.9. The highest BCUT2D eigenvalue weighted by Gasteiger charge is 2.12. The Balaban J connectivity index is 2.18. The molecule has 2 nitrogen and oxygen atoms in total. The lowest BCUT2D eigenvalue weighted by Gasteiger charge is -2.12. The molecule has 0 aliphatic heterocycles. The SMILES string of the molecule is Cc1cc(C)c(C(=O)Nc2ccc(CCBr)cc2)c(C)c1. The van der Waals surface area contributed by atoms with Gasteiger partial charge in [0.1, 0.15) is 0 Å². The van der Waals surface area contributed by atoms with Crippen LogP contribution in [-0.4, -0.2) is 11.2 Å². The van der Waals surface area contributed by atoms with Crippen LogP contribution in [0.15, 0.2) is 36.4 Å². The first-order chi connectivity index (χ1) is 10.0. The molecule has 0 heterocycles. The fraction of sp³-hybridized carbons (Fsp3) is 0.278. The molecule has 1 N–H and O–H groups in total. The molecule has 110 valence electrons. The third-order valence-corrected chi connectivity index (χ3v) is 3.90. The number of carbonyl (C=O) groups is 1. The van der Waals surface area contributed by atoms with Crippen LogP contribution in [0.5, 0.6) is 0 Å². The molecule has 0 fully saturated rings.